The number of amides is 3. The fraction of sp³-hybridized carbons (Fsp3) is 0.714. The van der Waals surface area contributed by atoms with Gasteiger partial charge in [-0.1, -0.05) is 0 Å². The van der Waals surface area contributed by atoms with Crippen molar-refractivity contribution in [2.24, 2.45) is 5.73 Å². The molecule has 0 radical (unpaired) electrons. The molecule has 0 aromatic carbocycles. The highest BCUT2D eigenvalue weighted by molar-refractivity contribution is 7.98. The monoisotopic (exact) mass is 360 g/mol. The molecule has 1 rings (SSSR count). The first-order valence-corrected chi connectivity index (χ1v) is 9.08. The van der Waals surface area contributed by atoms with Gasteiger partial charge in [0.15, 0.2) is 0 Å². The van der Waals surface area contributed by atoms with E-state index >= 15 is 0 Å². The number of rotatable bonds is 9. The average molecular weight is 360 g/mol. The van der Waals surface area contributed by atoms with Crippen LogP contribution in [0.5, 0.6) is 0 Å². The highest BCUT2D eigenvalue weighted by Crippen LogP contribution is 2.17. The quantitative estimate of drug-likeness (QED) is 0.387. The predicted molar refractivity (Wildman–Crippen MR) is 89.4 cm³/mol. The molecule has 1 heterocycles. The molecular formula is C14H24N4O5S. The van der Waals surface area contributed by atoms with Gasteiger partial charge in [0, 0.05) is 6.54 Å². The maximum atomic E-state index is 12.4. The number of carbonyl (C=O) groups excluding carboxylic acids is 3. The summed E-state index contributed by atoms with van der Waals surface area (Å²) < 4.78 is 0. The van der Waals surface area contributed by atoms with Crippen LogP contribution in [0.1, 0.15) is 19.3 Å². The van der Waals surface area contributed by atoms with Crippen molar-refractivity contribution in [1.82, 2.24) is 15.5 Å². The molecule has 0 bridgehead atoms. The van der Waals surface area contributed by atoms with E-state index in [9.17, 15) is 19.2 Å². The smallest absolute Gasteiger partial charge is 0.322 e. The summed E-state index contributed by atoms with van der Waals surface area (Å²) in [6, 6.07) is -1.47. The molecule has 1 saturated heterocycles. The van der Waals surface area contributed by atoms with Gasteiger partial charge in [0.05, 0.1) is 6.54 Å². The van der Waals surface area contributed by atoms with E-state index in [1.807, 2.05) is 6.26 Å². The largest absolute Gasteiger partial charge is 0.480 e. The maximum absolute atomic E-state index is 12.4. The van der Waals surface area contributed by atoms with Crippen molar-refractivity contribution in [2.75, 3.05) is 31.6 Å². The predicted octanol–water partition coefficient (Wildman–Crippen LogP) is -1.63. The van der Waals surface area contributed by atoms with Crippen LogP contribution in [0.25, 0.3) is 0 Å². The molecule has 1 aliphatic rings. The summed E-state index contributed by atoms with van der Waals surface area (Å²) in [5.41, 5.74) is 5.35. The van der Waals surface area contributed by atoms with Gasteiger partial charge in [0.25, 0.3) is 0 Å². The third-order valence-electron chi connectivity index (χ3n) is 3.71. The van der Waals surface area contributed by atoms with Crippen LogP contribution in [0.3, 0.4) is 0 Å². The number of carboxylic acid groups (broad SMARTS) is 1. The number of hydrogen-bond acceptors (Lipinski definition) is 6. The summed E-state index contributed by atoms with van der Waals surface area (Å²) in [7, 11) is 0. The number of nitrogens with two attached hydrogens (primary N) is 1. The molecule has 0 spiro atoms. The number of thioether (sulfide) groups is 1. The molecule has 0 saturated carbocycles. The summed E-state index contributed by atoms with van der Waals surface area (Å²) in [6.45, 7) is -0.209. The van der Waals surface area contributed by atoms with Gasteiger partial charge in [0.2, 0.25) is 17.7 Å². The van der Waals surface area contributed by atoms with Gasteiger partial charge in [-0.25, -0.2) is 0 Å². The lowest BCUT2D eigenvalue weighted by Crippen LogP contribution is -2.54. The number of nitrogens with zero attached hydrogens (tertiary/aromatic N) is 1. The third kappa shape index (κ3) is 6.00. The zero-order valence-corrected chi connectivity index (χ0v) is 14.4. The van der Waals surface area contributed by atoms with Gasteiger partial charge in [-0.3, -0.25) is 19.2 Å². The molecule has 5 N–H and O–H groups in total. The highest BCUT2D eigenvalue weighted by Gasteiger charge is 2.35. The zero-order chi connectivity index (χ0) is 18.1. The Bertz CT molecular complexity index is 488. The zero-order valence-electron chi connectivity index (χ0n) is 13.6. The van der Waals surface area contributed by atoms with Crippen LogP contribution in [0.4, 0.5) is 0 Å². The van der Waals surface area contributed by atoms with Gasteiger partial charge in [-0.2, -0.15) is 11.8 Å². The van der Waals surface area contributed by atoms with E-state index in [0.29, 0.717) is 31.6 Å². The summed E-state index contributed by atoms with van der Waals surface area (Å²) >= 11 is 1.51. The fourth-order valence-electron chi connectivity index (χ4n) is 2.51. The van der Waals surface area contributed by atoms with E-state index in [2.05, 4.69) is 10.6 Å². The van der Waals surface area contributed by atoms with Crippen LogP contribution in [-0.4, -0.2) is 77.4 Å². The number of carbonyl (C=O) groups is 4. The third-order valence-corrected chi connectivity index (χ3v) is 4.35. The second-order valence-electron chi connectivity index (χ2n) is 5.40. The SMILES string of the molecule is CSCC[C@H](NC(=O)[C@@H]1CCCN1C(=O)CN)C(=O)NCC(=O)O. The Morgan fingerprint density at radius 2 is 2.08 bits per heavy atom. The number of aliphatic carboxylic acids is 1. The Morgan fingerprint density at radius 3 is 2.67 bits per heavy atom. The van der Waals surface area contributed by atoms with Crippen LogP contribution < -0.4 is 16.4 Å². The molecule has 0 aromatic rings. The van der Waals surface area contributed by atoms with Crippen molar-refractivity contribution in [1.29, 1.82) is 0 Å². The van der Waals surface area contributed by atoms with Crippen molar-refractivity contribution in [2.45, 2.75) is 31.3 Å². The molecule has 0 aliphatic carbocycles. The lowest BCUT2D eigenvalue weighted by molar-refractivity contribution is -0.140. The number of hydrogen-bond donors (Lipinski definition) is 4. The van der Waals surface area contributed by atoms with Gasteiger partial charge in [-0.15, -0.1) is 0 Å². The first-order valence-electron chi connectivity index (χ1n) is 7.69. The molecule has 3 amide bonds. The van der Waals surface area contributed by atoms with E-state index in [-0.39, 0.29) is 12.5 Å². The molecule has 136 valence electrons. The minimum absolute atomic E-state index is 0.168. The number of nitrogens with one attached hydrogen (secondary N) is 2. The summed E-state index contributed by atoms with van der Waals surface area (Å²) in [5.74, 6) is -1.79. The molecule has 0 unspecified atom stereocenters. The second-order valence-corrected chi connectivity index (χ2v) is 6.39. The summed E-state index contributed by atoms with van der Waals surface area (Å²) in [4.78, 5) is 48.3. The Kier molecular flexibility index (Phi) is 8.55. The van der Waals surface area contributed by atoms with Crippen molar-refractivity contribution >= 4 is 35.5 Å². The Hall–Kier alpha value is -1.81. The standard InChI is InChI=1S/C14H24N4O5S/c1-24-6-4-9(13(22)16-8-12(20)21)17-14(23)10-3-2-5-18(10)11(19)7-15/h9-10H,2-8,15H2,1H3,(H,16,22)(H,17,23)(H,20,21)/t9-,10-/m0/s1. The molecule has 24 heavy (non-hydrogen) atoms. The van der Waals surface area contributed by atoms with Crippen LogP contribution in [-0.2, 0) is 19.2 Å². The molecule has 9 nitrogen and oxygen atoms in total. The first kappa shape index (κ1) is 20.2. The number of carboxylic acids is 1. The molecule has 2 atom stereocenters. The Morgan fingerprint density at radius 1 is 1.38 bits per heavy atom. The summed E-state index contributed by atoms with van der Waals surface area (Å²) in [6.07, 6.45) is 3.46. The van der Waals surface area contributed by atoms with Gasteiger partial charge in [0.1, 0.15) is 18.6 Å². The van der Waals surface area contributed by atoms with Crippen molar-refractivity contribution in [3.63, 3.8) is 0 Å². The molecule has 1 fully saturated rings. The fourth-order valence-corrected chi connectivity index (χ4v) is 2.98. The maximum Gasteiger partial charge on any atom is 0.322 e. The average Bonchev–Trinajstić information content (AvgIpc) is 3.05. The van der Waals surface area contributed by atoms with Crippen LogP contribution in [0.15, 0.2) is 0 Å². The molecule has 1 aliphatic heterocycles. The Balaban J connectivity index is 2.70. The minimum Gasteiger partial charge on any atom is -0.480 e. The van der Waals surface area contributed by atoms with Gasteiger partial charge >= 0.3 is 5.97 Å². The van der Waals surface area contributed by atoms with Crippen LogP contribution >= 0.6 is 11.8 Å². The van der Waals surface area contributed by atoms with E-state index in [1.54, 1.807) is 0 Å². The lowest BCUT2D eigenvalue weighted by Gasteiger charge is -2.26. The first-order chi connectivity index (χ1) is 11.4. The Labute approximate surface area is 144 Å². The lowest BCUT2D eigenvalue weighted by atomic mass is 10.1. The molecule has 0 aromatic heterocycles. The van der Waals surface area contributed by atoms with E-state index in [4.69, 9.17) is 10.8 Å². The normalized spacial score (nSPS) is 18.1. The van der Waals surface area contributed by atoms with Gasteiger partial charge in [-0.05, 0) is 31.3 Å². The highest BCUT2D eigenvalue weighted by atomic mass is 32.2. The van der Waals surface area contributed by atoms with Crippen molar-refractivity contribution in [3.8, 4) is 0 Å². The molecular weight excluding hydrogens is 336 g/mol. The van der Waals surface area contributed by atoms with Crippen molar-refractivity contribution < 1.29 is 24.3 Å². The van der Waals surface area contributed by atoms with E-state index in [0.717, 1.165) is 0 Å². The molecule has 10 heteroatoms. The van der Waals surface area contributed by atoms with E-state index < -0.39 is 36.4 Å². The summed E-state index contributed by atoms with van der Waals surface area (Å²) in [5, 5.41) is 13.5. The topological polar surface area (TPSA) is 142 Å². The van der Waals surface area contributed by atoms with Crippen molar-refractivity contribution in [3.05, 3.63) is 0 Å². The van der Waals surface area contributed by atoms with Crippen LogP contribution in [0.2, 0.25) is 0 Å². The van der Waals surface area contributed by atoms with Crippen LogP contribution in [0, 0.1) is 0 Å². The second kappa shape index (κ2) is 10.1. The van der Waals surface area contributed by atoms with Gasteiger partial charge < -0.3 is 26.4 Å². The number of likely N-dealkylation sites (tertiary alicyclic amines) is 1. The minimum atomic E-state index is -1.16. The van der Waals surface area contributed by atoms with E-state index in [1.165, 1.54) is 16.7 Å².